The highest BCUT2D eigenvalue weighted by molar-refractivity contribution is 6.05. The molecule has 35 heavy (non-hydrogen) atoms. The molecule has 0 bridgehead atoms. The normalized spacial score (nSPS) is 10.9. The van der Waals surface area contributed by atoms with E-state index in [0.717, 1.165) is 16.7 Å². The fourth-order valence-electron chi connectivity index (χ4n) is 3.64. The van der Waals surface area contributed by atoms with Gasteiger partial charge in [0, 0.05) is 17.0 Å². The first kappa shape index (κ1) is 23.4. The number of carbonyl (C=O) groups excluding carboxylic acids is 2. The van der Waals surface area contributed by atoms with E-state index >= 15 is 0 Å². The maximum absolute atomic E-state index is 13.0. The van der Waals surface area contributed by atoms with Gasteiger partial charge in [-0.25, -0.2) is 4.68 Å². The third kappa shape index (κ3) is 5.44. The molecule has 4 rings (SSSR count). The zero-order valence-corrected chi connectivity index (χ0v) is 19.3. The Labute approximate surface area is 201 Å². The monoisotopic (exact) mass is 468 g/mol. The zero-order chi connectivity index (χ0) is 24.8. The van der Waals surface area contributed by atoms with Crippen LogP contribution in [0.5, 0.6) is 5.75 Å². The number of hydrogen-bond acceptors (Lipinski definition) is 5. The van der Waals surface area contributed by atoms with Crippen LogP contribution in [0.15, 0.2) is 83.7 Å². The maximum Gasteiger partial charge on any atom is 0.290 e. The molecule has 0 aliphatic rings. The van der Waals surface area contributed by atoms with Crippen molar-refractivity contribution in [2.24, 2.45) is 0 Å². The minimum absolute atomic E-state index is 0.0285. The molecule has 0 spiro atoms. The number of nitrogens with one attached hydrogen (secondary N) is 2. The Balaban J connectivity index is 1.55. The highest BCUT2D eigenvalue weighted by Gasteiger charge is 2.17. The summed E-state index contributed by atoms with van der Waals surface area (Å²) in [5.74, 6) is -0.554. The summed E-state index contributed by atoms with van der Waals surface area (Å²) in [6, 6.07) is 21.7. The smallest absolute Gasteiger partial charge is 0.290 e. The van der Waals surface area contributed by atoms with Crippen LogP contribution >= 0.6 is 0 Å². The van der Waals surface area contributed by atoms with Crippen LogP contribution < -0.4 is 21.1 Å². The topological polar surface area (TPSA) is 102 Å². The lowest BCUT2D eigenvalue weighted by Crippen LogP contribution is -2.42. The molecule has 0 atom stereocenters. The van der Waals surface area contributed by atoms with Crippen LogP contribution in [0.25, 0.3) is 16.8 Å². The summed E-state index contributed by atoms with van der Waals surface area (Å²) in [5.41, 5.74) is 7.08. The highest BCUT2D eigenvalue weighted by atomic mass is 16.5. The molecule has 176 valence electrons. The molecule has 1 heterocycles. The number of aryl methyl sites for hydroxylation is 1. The van der Waals surface area contributed by atoms with Gasteiger partial charge in [0.25, 0.3) is 17.4 Å². The average molecular weight is 469 g/mol. The Morgan fingerprint density at radius 3 is 2.43 bits per heavy atom. The molecular formula is C27H24N4O4. The SMILES string of the molecule is COc1ccc(C)cc1/C=C/C(=O)NNC(=O)c1nn(Cc2ccccc2)c(=O)c2ccccc12. The van der Waals surface area contributed by atoms with Crippen molar-refractivity contribution < 1.29 is 14.3 Å². The molecule has 0 saturated carbocycles. The van der Waals surface area contributed by atoms with E-state index in [0.29, 0.717) is 16.5 Å². The molecular weight excluding hydrogens is 444 g/mol. The summed E-state index contributed by atoms with van der Waals surface area (Å²) >= 11 is 0. The fraction of sp³-hybridized carbons (Fsp3) is 0.111. The van der Waals surface area contributed by atoms with Gasteiger partial charge < -0.3 is 4.74 Å². The van der Waals surface area contributed by atoms with Gasteiger partial charge in [-0.15, -0.1) is 0 Å². The quantitative estimate of drug-likeness (QED) is 0.334. The molecule has 2 N–H and O–H groups in total. The Hall–Kier alpha value is -4.72. The lowest BCUT2D eigenvalue weighted by Gasteiger charge is -2.11. The average Bonchev–Trinajstić information content (AvgIpc) is 2.88. The van der Waals surface area contributed by atoms with Crippen LogP contribution in [0.4, 0.5) is 0 Å². The highest BCUT2D eigenvalue weighted by Crippen LogP contribution is 2.21. The number of methoxy groups -OCH3 is 1. The number of amides is 2. The minimum Gasteiger partial charge on any atom is -0.496 e. The van der Waals surface area contributed by atoms with Gasteiger partial charge in [-0.05, 0) is 36.8 Å². The summed E-state index contributed by atoms with van der Waals surface area (Å²) in [6.07, 6.45) is 2.89. The van der Waals surface area contributed by atoms with Crippen molar-refractivity contribution in [2.45, 2.75) is 13.5 Å². The molecule has 0 radical (unpaired) electrons. The number of hydrazine groups is 1. The second kappa shape index (κ2) is 10.5. The molecule has 0 aliphatic carbocycles. The van der Waals surface area contributed by atoms with Crippen molar-refractivity contribution in [3.8, 4) is 5.75 Å². The van der Waals surface area contributed by atoms with Gasteiger partial charge in [0.2, 0.25) is 0 Å². The molecule has 8 nitrogen and oxygen atoms in total. The van der Waals surface area contributed by atoms with Crippen molar-refractivity contribution in [1.29, 1.82) is 0 Å². The number of ether oxygens (including phenoxy) is 1. The number of aromatic nitrogens is 2. The first-order chi connectivity index (χ1) is 17.0. The van der Waals surface area contributed by atoms with Crippen molar-refractivity contribution in [3.05, 3.63) is 112 Å². The van der Waals surface area contributed by atoms with E-state index in [1.807, 2.05) is 55.5 Å². The lowest BCUT2D eigenvalue weighted by atomic mass is 10.1. The second-order valence-corrected chi connectivity index (χ2v) is 7.86. The van der Waals surface area contributed by atoms with E-state index in [1.165, 1.54) is 10.8 Å². The van der Waals surface area contributed by atoms with Crippen molar-refractivity contribution in [3.63, 3.8) is 0 Å². The summed E-state index contributed by atoms with van der Waals surface area (Å²) in [5, 5.41) is 5.07. The summed E-state index contributed by atoms with van der Waals surface area (Å²) in [6.45, 7) is 2.14. The van der Waals surface area contributed by atoms with Crippen LogP contribution in [-0.4, -0.2) is 28.7 Å². The number of nitrogens with zero attached hydrogens (tertiary/aromatic N) is 2. The first-order valence-corrected chi connectivity index (χ1v) is 10.9. The number of carbonyl (C=O) groups is 2. The van der Waals surface area contributed by atoms with Gasteiger partial charge in [0.15, 0.2) is 5.69 Å². The Bertz CT molecular complexity index is 1480. The van der Waals surface area contributed by atoms with Crippen molar-refractivity contribution in [2.75, 3.05) is 7.11 Å². The predicted octanol–water partition coefficient (Wildman–Crippen LogP) is 3.24. The van der Waals surface area contributed by atoms with E-state index < -0.39 is 11.8 Å². The number of benzene rings is 3. The Morgan fingerprint density at radius 2 is 1.69 bits per heavy atom. The largest absolute Gasteiger partial charge is 0.496 e. The molecule has 8 heteroatoms. The van der Waals surface area contributed by atoms with Crippen LogP contribution in [0.2, 0.25) is 0 Å². The zero-order valence-electron chi connectivity index (χ0n) is 19.3. The Morgan fingerprint density at radius 1 is 0.971 bits per heavy atom. The molecule has 4 aromatic rings. The summed E-state index contributed by atoms with van der Waals surface area (Å²) < 4.78 is 6.55. The standard InChI is InChI=1S/C27H24N4O4/c1-18-12-14-23(35-2)20(16-18)13-15-24(32)28-29-26(33)25-21-10-6-7-11-22(21)27(34)31(30-25)17-19-8-4-3-5-9-19/h3-16H,17H2,1-2H3,(H,28,32)(H,29,33)/b15-13+. The Kier molecular flexibility index (Phi) is 7.02. The van der Waals surface area contributed by atoms with Gasteiger partial charge in [-0.2, -0.15) is 5.10 Å². The van der Waals surface area contributed by atoms with Crippen molar-refractivity contribution >= 4 is 28.7 Å². The van der Waals surface area contributed by atoms with Gasteiger partial charge >= 0.3 is 0 Å². The third-order valence-corrected chi connectivity index (χ3v) is 5.36. The minimum atomic E-state index is -0.641. The third-order valence-electron chi connectivity index (χ3n) is 5.36. The lowest BCUT2D eigenvalue weighted by molar-refractivity contribution is -0.117. The first-order valence-electron chi connectivity index (χ1n) is 10.9. The second-order valence-electron chi connectivity index (χ2n) is 7.86. The number of fused-ring (bicyclic) bond motifs is 1. The predicted molar refractivity (Wildman–Crippen MR) is 134 cm³/mol. The maximum atomic E-state index is 13.0. The molecule has 0 unspecified atom stereocenters. The molecule has 0 saturated heterocycles. The van der Waals surface area contributed by atoms with E-state index in [9.17, 15) is 14.4 Å². The van der Waals surface area contributed by atoms with E-state index in [-0.39, 0.29) is 17.8 Å². The van der Waals surface area contributed by atoms with Crippen LogP contribution in [0, 0.1) is 6.92 Å². The molecule has 3 aromatic carbocycles. The molecule has 2 amide bonds. The summed E-state index contributed by atoms with van der Waals surface area (Å²) in [7, 11) is 1.55. The van der Waals surface area contributed by atoms with Gasteiger partial charge in [0.05, 0.1) is 19.0 Å². The van der Waals surface area contributed by atoms with E-state index in [4.69, 9.17) is 4.74 Å². The van der Waals surface area contributed by atoms with Crippen LogP contribution in [0.3, 0.4) is 0 Å². The van der Waals surface area contributed by atoms with Crippen LogP contribution in [0.1, 0.15) is 27.2 Å². The van der Waals surface area contributed by atoms with E-state index in [1.54, 1.807) is 37.5 Å². The van der Waals surface area contributed by atoms with Gasteiger partial charge in [0.1, 0.15) is 5.75 Å². The molecule has 1 aromatic heterocycles. The van der Waals surface area contributed by atoms with E-state index in [2.05, 4.69) is 16.0 Å². The van der Waals surface area contributed by atoms with Crippen LogP contribution in [-0.2, 0) is 11.3 Å². The number of hydrogen-bond donors (Lipinski definition) is 2. The number of rotatable bonds is 6. The van der Waals surface area contributed by atoms with Gasteiger partial charge in [-0.1, -0.05) is 60.2 Å². The molecule has 0 fully saturated rings. The summed E-state index contributed by atoms with van der Waals surface area (Å²) in [4.78, 5) is 38.2. The molecule has 0 aliphatic heterocycles. The van der Waals surface area contributed by atoms with Crippen molar-refractivity contribution in [1.82, 2.24) is 20.6 Å². The van der Waals surface area contributed by atoms with Gasteiger partial charge in [-0.3, -0.25) is 25.2 Å². The fourth-order valence-corrected chi connectivity index (χ4v) is 3.64.